The molecule has 166 valence electrons. The van der Waals surface area contributed by atoms with E-state index in [2.05, 4.69) is 15.4 Å². The number of hydrogen-bond acceptors (Lipinski definition) is 7. The highest BCUT2D eigenvalue weighted by Crippen LogP contribution is 2.33. The number of rotatable bonds is 5. The van der Waals surface area contributed by atoms with Crippen LogP contribution in [0, 0.1) is 0 Å². The van der Waals surface area contributed by atoms with Gasteiger partial charge in [-0.1, -0.05) is 12.1 Å². The number of para-hydroxylation sites is 2. The van der Waals surface area contributed by atoms with E-state index in [4.69, 9.17) is 14.2 Å². The molecule has 0 saturated heterocycles. The first-order valence-corrected chi connectivity index (χ1v) is 9.22. The van der Waals surface area contributed by atoms with Crippen LogP contribution >= 0.6 is 0 Å². The van der Waals surface area contributed by atoms with Gasteiger partial charge in [0.2, 0.25) is 6.10 Å². The van der Waals surface area contributed by atoms with E-state index in [-0.39, 0.29) is 18.0 Å². The topological polar surface area (TPSA) is 105 Å². The monoisotopic (exact) mass is 448 g/mol. The van der Waals surface area contributed by atoms with Crippen molar-refractivity contribution in [3.05, 3.63) is 60.7 Å². The number of esters is 1. The summed E-state index contributed by atoms with van der Waals surface area (Å²) in [5, 5.41) is 6.17. The number of benzene rings is 2. The normalized spacial score (nSPS) is 15.2. The number of anilines is 1. The molecule has 1 aromatic heterocycles. The van der Waals surface area contributed by atoms with Crippen LogP contribution in [0.15, 0.2) is 55.1 Å². The van der Waals surface area contributed by atoms with Crippen LogP contribution in [-0.2, 0) is 20.5 Å². The Bertz CT molecular complexity index is 1130. The highest BCUT2D eigenvalue weighted by atomic mass is 19.4. The van der Waals surface area contributed by atoms with Crippen molar-refractivity contribution in [2.45, 2.75) is 12.3 Å². The molecule has 0 saturated carbocycles. The zero-order chi connectivity index (χ0) is 22.7. The number of nitrogens with one attached hydrogen (secondary N) is 1. The van der Waals surface area contributed by atoms with Crippen LogP contribution in [0.2, 0.25) is 0 Å². The average Bonchev–Trinajstić information content (AvgIpc) is 3.31. The van der Waals surface area contributed by atoms with E-state index in [1.165, 1.54) is 17.3 Å². The van der Waals surface area contributed by atoms with E-state index in [0.717, 1.165) is 18.2 Å². The van der Waals surface area contributed by atoms with Crippen LogP contribution in [0.5, 0.6) is 11.5 Å². The van der Waals surface area contributed by atoms with Crippen LogP contribution < -0.4 is 14.8 Å². The molecular formula is C20H15F3N4O5. The van der Waals surface area contributed by atoms with E-state index in [0.29, 0.717) is 11.5 Å². The second-order valence-corrected chi connectivity index (χ2v) is 6.59. The second kappa shape index (κ2) is 8.57. The predicted octanol–water partition coefficient (Wildman–Crippen LogP) is 2.61. The van der Waals surface area contributed by atoms with Crippen molar-refractivity contribution in [2.24, 2.45) is 0 Å². The van der Waals surface area contributed by atoms with Crippen LogP contribution in [0.1, 0.15) is 5.56 Å². The molecule has 0 radical (unpaired) electrons. The first kappa shape index (κ1) is 21.2. The third-order valence-corrected chi connectivity index (χ3v) is 4.38. The van der Waals surface area contributed by atoms with Gasteiger partial charge in [-0.3, -0.25) is 4.79 Å². The maximum atomic E-state index is 13.1. The fourth-order valence-corrected chi connectivity index (χ4v) is 2.90. The molecule has 1 atom stereocenters. The maximum absolute atomic E-state index is 13.1. The van der Waals surface area contributed by atoms with Crippen molar-refractivity contribution in [1.82, 2.24) is 14.8 Å². The van der Waals surface area contributed by atoms with E-state index >= 15 is 0 Å². The van der Waals surface area contributed by atoms with Gasteiger partial charge < -0.3 is 19.5 Å². The molecule has 0 bridgehead atoms. The summed E-state index contributed by atoms with van der Waals surface area (Å²) in [6, 6.07) is 9.48. The minimum absolute atomic E-state index is 0.110. The fraction of sp³-hybridized carbons (Fsp3) is 0.200. The van der Waals surface area contributed by atoms with E-state index < -0.39 is 36.3 Å². The number of ether oxygens (including phenoxy) is 3. The molecule has 1 aliphatic heterocycles. The molecule has 12 heteroatoms. The molecule has 2 heterocycles. The average molecular weight is 448 g/mol. The first-order valence-electron chi connectivity index (χ1n) is 9.22. The Kier molecular flexibility index (Phi) is 5.67. The molecular weight excluding hydrogens is 433 g/mol. The SMILES string of the molecule is O=C(COC(=O)C1COc2ccccc2O1)Nc1cc(C(F)(F)F)ccc1-n1cncn1. The zero-order valence-electron chi connectivity index (χ0n) is 16.2. The van der Waals surface area contributed by atoms with Crippen LogP contribution in [0.3, 0.4) is 0 Å². The Balaban J connectivity index is 1.42. The van der Waals surface area contributed by atoms with Gasteiger partial charge in [-0.2, -0.15) is 18.3 Å². The van der Waals surface area contributed by atoms with Gasteiger partial charge in [0.05, 0.1) is 16.9 Å². The minimum atomic E-state index is -4.62. The Hall–Kier alpha value is -4.09. The number of hydrogen-bond donors (Lipinski definition) is 1. The van der Waals surface area contributed by atoms with Gasteiger partial charge in [0.25, 0.3) is 5.91 Å². The fourth-order valence-electron chi connectivity index (χ4n) is 2.90. The van der Waals surface area contributed by atoms with Gasteiger partial charge in [-0.05, 0) is 30.3 Å². The molecule has 1 aliphatic rings. The highest BCUT2D eigenvalue weighted by molar-refractivity contribution is 5.95. The number of carbonyl (C=O) groups excluding carboxylic acids is 2. The quantitative estimate of drug-likeness (QED) is 0.599. The standard InChI is InChI=1S/C20H15F3N4O5/c21-20(22,23)12-5-6-14(27-11-24-10-25-27)13(7-12)26-18(28)9-31-19(29)17-8-30-15-3-1-2-4-16(15)32-17/h1-7,10-11,17H,8-9H2,(H,26,28). The smallest absolute Gasteiger partial charge is 0.416 e. The van der Waals surface area contributed by atoms with Crippen molar-refractivity contribution in [1.29, 1.82) is 0 Å². The number of halogens is 3. The summed E-state index contributed by atoms with van der Waals surface area (Å²) in [5.74, 6) is -0.877. The molecule has 3 aromatic rings. The van der Waals surface area contributed by atoms with Crippen molar-refractivity contribution in [2.75, 3.05) is 18.5 Å². The third kappa shape index (κ3) is 4.63. The second-order valence-electron chi connectivity index (χ2n) is 6.59. The van der Waals surface area contributed by atoms with Crippen molar-refractivity contribution >= 4 is 17.6 Å². The Labute approximate surface area is 178 Å². The molecule has 1 amide bonds. The van der Waals surface area contributed by atoms with Crippen LogP contribution in [0.4, 0.5) is 18.9 Å². The van der Waals surface area contributed by atoms with E-state index in [9.17, 15) is 22.8 Å². The lowest BCUT2D eigenvalue weighted by atomic mass is 10.1. The van der Waals surface area contributed by atoms with Crippen molar-refractivity contribution < 1.29 is 37.0 Å². The summed E-state index contributed by atoms with van der Waals surface area (Å²) in [6.45, 7) is -0.852. The predicted molar refractivity (Wildman–Crippen MR) is 102 cm³/mol. The molecule has 32 heavy (non-hydrogen) atoms. The molecule has 9 nitrogen and oxygen atoms in total. The Morgan fingerprint density at radius 3 is 2.69 bits per heavy atom. The lowest BCUT2D eigenvalue weighted by molar-refractivity contribution is -0.156. The van der Waals surface area contributed by atoms with Gasteiger partial charge in [0.15, 0.2) is 18.1 Å². The largest absolute Gasteiger partial charge is 0.485 e. The van der Waals surface area contributed by atoms with E-state index in [1.807, 2.05) is 0 Å². The third-order valence-electron chi connectivity index (χ3n) is 4.38. The van der Waals surface area contributed by atoms with Gasteiger partial charge in [0, 0.05) is 0 Å². The molecule has 0 aliphatic carbocycles. The lowest BCUT2D eigenvalue weighted by Gasteiger charge is -2.24. The number of carbonyl (C=O) groups is 2. The van der Waals surface area contributed by atoms with Crippen LogP contribution in [0.25, 0.3) is 5.69 Å². The minimum Gasteiger partial charge on any atom is -0.485 e. The highest BCUT2D eigenvalue weighted by Gasteiger charge is 2.32. The maximum Gasteiger partial charge on any atom is 0.416 e. The summed E-state index contributed by atoms with van der Waals surface area (Å²) in [6.07, 6.45) is -3.26. The van der Waals surface area contributed by atoms with Crippen molar-refractivity contribution in [3.8, 4) is 17.2 Å². The molecule has 1 unspecified atom stereocenters. The number of nitrogens with zero attached hydrogens (tertiary/aromatic N) is 3. The molecule has 0 fully saturated rings. The summed E-state index contributed by atoms with van der Waals surface area (Å²) < 4.78 is 56.3. The number of aromatic nitrogens is 3. The lowest BCUT2D eigenvalue weighted by Crippen LogP contribution is -2.39. The van der Waals surface area contributed by atoms with Crippen LogP contribution in [-0.4, -0.2) is 46.0 Å². The van der Waals surface area contributed by atoms with Gasteiger partial charge in [0.1, 0.15) is 19.3 Å². The molecule has 0 spiro atoms. The summed E-state index contributed by atoms with van der Waals surface area (Å²) in [5.41, 5.74) is -1.01. The molecule has 2 aromatic carbocycles. The summed E-state index contributed by atoms with van der Waals surface area (Å²) in [7, 11) is 0. The van der Waals surface area contributed by atoms with Gasteiger partial charge in [-0.25, -0.2) is 14.5 Å². The summed E-state index contributed by atoms with van der Waals surface area (Å²) in [4.78, 5) is 28.3. The molecule has 4 rings (SSSR count). The van der Waals surface area contributed by atoms with E-state index in [1.54, 1.807) is 24.3 Å². The van der Waals surface area contributed by atoms with Crippen molar-refractivity contribution in [3.63, 3.8) is 0 Å². The first-order chi connectivity index (χ1) is 15.3. The van der Waals surface area contributed by atoms with Gasteiger partial charge in [-0.15, -0.1) is 0 Å². The Morgan fingerprint density at radius 1 is 1.19 bits per heavy atom. The van der Waals surface area contributed by atoms with Gasteiger partial charge >= 0.3 is 12.1 Å². The summed E-state index contributed by atoms with van der Waals surface area (Å²) >= 11 is 0. The number of fused-ring (bicyclic) bond motifs is 1. The zero-order valence-corrected chi connectivity index (χ0v) is 16.2. The number of alkyl halides is 3. The molecule has 1 N–H and O–H groups in total. The number of amides is 1. The Morgan fingerprint density at radius 2 is 1.97 bits per heavy atom.